The Balaban J connectivity index is 1.62. The number of anilines is 1. The molecule has 0 aromatic heterocycles. The Morgan fingerprint density at radius 2 is 1.88 bits per heavy atom. The predicted molar refractivity (Wildman–Crippen MR) is 134 cm³/mol. The van der Waals surface area contributed by atoms with Crippen molar-refractivity contribution < 1.29 is 9.90 Å². The number of ketones is 1. The number of carbonyl (C=O) groups excluding carboxylic acids is 1. The molecule has 178 valence electrons. The maximum Gasteiger partial charge on any atom is 0.156 e. The Morgan fingerprint density at radius 3 is 2.58 bits per heavy atom. The van der Waals surface area contributed by atoms with E-state index in [1.165, 1.54) is 28.8 Å². The number of carbonyl (C=O) groups is 1. The van der Waals surface area contributed by atoms with Crippen molar-refractivity contribution in [2.75, 3.05) is 25.6 Å². The van der Waals surface area contributed by atoms with Gasteiger partial charge in [-0.2, -0.15) is 0 Å². The summed E-state index contributed by atoms with van der Waals surface area (Å²) in [4.78, 5) is 14.4. The van der Waals surface area contributed by atoms with Crippen LogP contribution in [-0.2, 0) is 4.79 Å². The molecule has 4 heteroatoms. The first-order valence-corrected chi connectivity index (χ1v) is 12.9. The Morgan fingerprint density at radius 1 is 1.12 bits per heavy atom. The molecular weight excluding hydrogens is 408 g/mol. The standard InChI is InChI=1S/C29H40N2O2/c1-28-18-25(19-5-8-21(9-6-19)31(2)3)27-23-12-10-22(33)17-20(23)7-11-24(27)26(28)13-15-29(28,30)14-4-16-32/h5-6,8-9,17,24-26,32H,4,7,10-16,18,30H2,1-3H3/t24-,25?,26-,28-,29?/m0/s1. The first kappa shape index (κ1) is 22.9. The number of rotatable bonds is 5. The molecule has 4 aliphatic carbocycles. The van der Waals surface area contributed by atoms with Crippen LogP contribution in [0, 0.1) is 17.3 Å². The summed E-state index contributed by atoms with van der Waals surface area (Å²) in [6.45, 7) is 2.68. The molecule has 0 heterocycles. The van der Waals surface area contributed by atoms with Crippen molar-refractivity contribution in [1.82, 2.24) is 0 Å². The summed E-state index contributed by atoms with van der Waals surface area (Å²) in [7, 11) is 4.17. The minimum absolute atomic E-state index is 0.0630. The smallest absolute Gasteiger partial charge is 0.156 e. The second-order valence-corrected chi connectivity index (χ2v) is 11.5. The third kappa shape index (κ3) is 3.61. The van der Waals surface area contributed by atoms with Gasteiger partial charge in [0.2, 0.25) is 0 Å². The van der Waals surface area contributed by atoms with Crippen LogP contribution < -0.4 is 10.6 Å². The van der Waals surface area contributed by atoms with E-state index >= 15 is 0 Å². The third-order valence-electron chi connectivity index (χ3n) is 9.76. The predicted octanol–water partition coefficient (Wildman–Crippen LogP) is 5.12. The van der Waals surface area contributed by atoms with Crippen LogP contribution in [0.4, 0.5) is 5.69 Å². The van der Waals surface area contributed by atoms with Gasteiger partial charge in [0.05, 0.1) is 0 Å². The fourth-order valence-corrected chi connectivity index (χ4v) is 7.92. The molecule has 5 rings (SSSR count). The van der Waals surface area contributed by atoms with Crippen LogP contribution >= 0.6 is 0 Å². The number of aliphatic hydroxyl groups is 1. The van der Waals surface area contributed by atoms with Gasteiger partial charge in [0.15, 0.2) is 5.78 Å². The number of hydrogen-bond donors (Lipinski definition) is 2. The van der Waals surface area contributed by atoms with E-state index in [0.717, 1.165) is 44.9 Å². The first-order valence-electron chi connectivity index (χ1n) is 12.9. The van der Waals surface area contributed by atoms with Gasteiger partial charge in [-0.3, -0.25) is 4.79 Å². The lowest BCUT2D eigenvalue weighted by atomic mass is 9.50. The molecule has 0 aliphatic heterocycles. The number of allylic oxidation sites excluding steroid dienone is 4. The first-order chi connectivity index (χ1) is 15.8. The van der Waals surface area contributed by atoms with E-state index in [9.17, 15) is 9.90 Å². The normalized spacial score (nSPS) is 35.6. The van der Waals surface area contributed by atoms with Crippen LogP contribution in [0.25, 0.3) is 0 Å². The molecule has 33 heavy (non-hydrogen) atoms. The number of hydrogen-bond acceptors (Lipinski definition) is 4. The summed E-state index contributed by atoms with van der Waals surface area (Å²) in [5, 5.41) is 9.56. The van der Waals surface area contributed by atoms with Crippen LogP contribution in [0.2, 0.25) is 0 Å². The molecule has 4 aliphatic rings. The molecule has 5 atom stereocenters. The number of nitrogens with zero attached hydrogens (tertiary/aromatic N) is 1. The highest BCUT2D eigenvalue weighted by Crippen LogP contribution is 2.66. The Bertz CT molecular complexity index is 991. The topological polar surface area (TPSA) is 66.6 Å². The fraction of sp³-hybridized carbons (Fsp3) is 0.621. The largest absolute Gasteiger partial charge is 0.396 e. The summed E-state index contributed by atoms with van der Waals surface area (Å²) >= 11 is 0. The molecule has 0 radical (unpaired) electrons. The van der Waals surface area contributed by atoms with Crippen LogP contribution in [0.1, 0.15) is 76.2 Å². The maximum atomic E-state index is 12.2. The molecule has 0 saturated heterocycles. The van der Waals surface area contributed by atoms with Gasteiger partial charge in [-0.1, -0.05) is 24.6 Å². The van der Waals surface area contributed by atoms with Gasteiger partial charge >= 0.3 is 0 Å². The molecule has 2 unspecified atom stereocenters. The molecule has 0 bridgehead atoms. The van der Waals surface area contributed by atoms with Gasteiger partial charge < -0.3 is 15.7 Å². The van der Waals surface area contributed by atoms with Crippen LogP contribution in [0.15, 0.2) is 47.1 Å². The summed E-state index contributed by atoms with van der Waals surface area (Å²) in [6.07, 6.45) is 10.7. The maximum absolute atomic E-state index is 12.2. The number of aliphatic hydroxyl groups excluding tert-OH is 1. The number of benzene rings is 1. The Hall–Kier alpha value is -1.91. The SMILES string of the molecule is CN(C)c1ccc(C2C[C@@]3(C)[C@@H](CCC3(N)CCCO)[C@@H]3CCC4=CC(=O)CCC4=C23)cc1. The second-order valence-electron chi connectivity index (χ2n) is 11.5. The van der Waals surface area contributed by atoms with E-state index in [4.69, 9.17) is 5.73 Å². The van der Waals surface area contributed by atoms with Crippen molar-refractivity contribution in [1.29, 1.82) is 0 Å². The zero-order chi connectivity index (χ0) is 23.4. The van der Waals surface area contributed by atoms with Gasteiger partial charge in [-0.25, -0.2) is 0 Å². The van der Waals surface area contributed by atoms with Gasteiger partial charge in [-0.05, 0) is 104 Å². The van der Waals surface area contributed by atoms with Crippen molar-refractivity contribution in [3.63, 3.8) is 0 Å². The molecule has 1 aromatic rings. The average Bonchev–Trinajstić information content (AvgIpc) is 3.07. The van der Waals surface area contributed by atoms with Crippen LogP contribution in [0.3, 0.4) is 0 Å². The lowest BCUT2D eigenvalue weighted by molar-refractivity contribution is -0.114. The third-order valence-corrected chi connectivity index (χ3v) is 9.76. The Kier molecular flexibility index (Phi) is 5.81. The van der Waals surface area contributed by atoms with E-state index in [-0.39, 0.29) is 17.6 Å². The summed E-state index contributed by atoms with van der Waals surface area (Å²) in [5.41, 5.74) is 14.1. The minimum Gasteiger partial charge on any atom is -0.396 e. The van der Waals surface area contributed by atoms with Crippen LogP contribution in [-0.4, -0.2) is 37.1 Å². The molecule has 4 nitrogen and oxygen atoms in total. The molecular formula is C29H40N2O2. The van der Waals surface area contributed by atoms with Crippen LogP contribution in [0.5, 0.6) is 0 Å². The quantitative estimate of drug-likeness (QED) is 0.656. The second kappa shape index (κ2) is 8.39. The van der Waals surface area contributed by atoms with E-state index in [0.29, 0.717) is 30.0 Å². The molecule has 0 amide bonds. The highest BCUT2D eigenvalue weighted by Gasteiger charge is 2.61. The molecule has 2 saturated carbocycles. The fourth-order valence-electron chi connectivity index (χ4n) is 7.92. The van der Waals surface area contributed by atoms with E-state index in [1.54, 1.807) is 5.57 Å². The summed E-state index contributed by atoms with van der Waals surface area (Å²) in [6, 6.07) is 9.12. The Labute approximate surface area is 198 Å². The van der Waals surface area contributed by atoms with Crippen molar-refractivity contribution in [2.45, 2.75) is 76.2 Å². The van der Waals surface area contributed by atoms with E-state index < -0.39 is 0 Å². The van der Waals surface area contributed by atoms with Gasteiger partial charge in [0.25, 0.3) is 0 Å². The van der Waals surface area contributed by atoms with Gasteiger partial charge in [0, 0.05) is 44.3 Å². The summed E-state index contributed by atoms with van der Waals surface area (Å²) < 4.78 is 0. The zero-order valence-corrected chi connectivity index (χ0v) is 20.6. The lowest BCUT2D eigenvalue weighted by Gasteiger charge is -2.55. The lowest BCUT2D eigenvalue weighted by Crippen LogP contribution is -2.56. The van der Waals surface area contributed by atoms with Crippen molar-refractivity contribution >= 4 is 11.5 Å². The number of fused-ring (bicyclic) bond motifs is 4. The number of nitrogens with two attached hydrogens (primary N) is 1. The molecule has 0 spiro atoms. The van der Waals surface area contributed by atoms with Crippen molar-refractivity contribution in [2.24, 2.45) is 23.0 Å². The van der Waals surface area contributed by atoms with Crippen molar-refractivity contribution in [3.05, 3.63) is 52.6 Å². The highest BCUT2D eigenvalue weighted by atomic mass is 16.3. The van der Waals surface area contributed by atoms with Crippen molar-refractivity contribution in [3.8, 4) is 0 Å². The van der Waals surface area contributed by atoms with E-state index in [1.807, 2.05) is 6.08 Å². The molecule has 3 N–H and O–H groups in total. The zero-order valence-electron chi connectivity index (χ0n) is 20.6. The van der Waals surface area contributed by atoms with E-state index in [2.05, 4.69) is 50.2 Å². The monoisotopic (exact) mass is 448 g/mol. The highest BCUT2D eigenvalue weighted by molar-refractivity contribution is 5.93. The van der Waals surface area contributed by atoms with Gasteiger partial charge in [-0.15, -0.1) is 0 Å². The molecule has 1 aromatic carbocycles. The average molecular weight is 449 g/mol. The summed E-state index contributed by atoms with van der Waals surface area (Å²) in [5.74, 6) is 1.81. The van der Waals surface area contributed by atoms with Gasteiger partial charge in [0.1, 0.15) is 0 Å². The minimum atomic E-state index is -0.211. The molecule has 2 fully saturated rings.